The molecule has 0 amide bonds. The molecule has 0 bridgehead atoms. The van der Waals surface area contributed by atoms with Crippen molar-refractivity contribution in [1.82, 2.24) is 0 Å². The van der Waals surface area contributed by atoms with Crippen molar-refractivity contribution in [2.75, 3.05) is 11.9 Å². The van der Waals surface area contributed by atoms with E-state index in [1.165, 1.54) is 0 Å². The number of rotatable bonds is 4. The number of hydrogen-bond acceptors (Lipinski definition) is 3. The monoisotopic (exact) mass is 250 g/mol. The molecule has 1 fully saturated rings. The molecule has 0 heterocycles. The maximum absolute atomic E-state index is 11.0. The van der Waals surface area contributed by atoms with E-state index in [1.807, 2.05) is 6.07 Å². The Labute approximate surface area is 104 Å². The number of nitrogens with one attached hydrogen (secondary N) is 1. The Morgan fingerprint density at radius 1 is 1.59 bits per heavy atom. The van der Waals surface area contributed by atoms with Crippen LogP contribution < -0.4 is 5.32 Å². The second-order valence-corrected chi connectivity index (χ2v) is 4.65. The van der Waals surface area contributed by atoms with E-state index in [1.54, 1.807) is 18.2 Å². The van der Waals surface area contributed by atoms with Gasteiger partial charge in [0.2, 0.25) is 0 Å². The van der Waals surface area contributed by atoms with Gasteiger partial charge in [-0.05, 0) is 31.0 Å². The first kappa shape index (κ1) is 11.7. The highest BCUT2D eigenvalue weighted by molar-refractivity contribution is 6.33. The van der Waals surface area contributed by atoms with Crippen LogP contribution in [0.1, 0.15) is 18.4 Å². The SMILES string of the molecule is N#Cc1ccc(NCC2(C(=O)O)CC2)c(Cl)c1. The molecule has 2 N–H and O–H groups in total. The normalized spacial score (nSPS) is 16.0. The number of nitriles is 1. The van der Waals surface area contributed by atoms with Crippen molar-refractivity contribution in [2.45, 2.75) is 12.8 Å². The molecule has 0 radical (unpaired) electrons. The molecule has 1 aromatic carbocycles. The summed E-state index contributed by atoms with van der Waals surface area (Å²) in [5.74, 6) is -0.769. The molecule has 0 saturated heterocycles. The lowest BCUT2D eigenvalue weighted by Gasteiger charge is -2.13. The zero-order valence-electron chi connectivity index (χ0n) is 9.03. The largest absolute Gasteiger partial charge is 0.481 e. The van der Waals surface area contributed by atoms with Gasteiger partial charge in [-0.1, -0.05) is 11.6 Å². The van der Waals surface area contributed by atoms with Crippen LogP contribution in [0.2, 0.25) is 5.02 Å². The first-order chi connectivity index (χ1) is 8.07. The molecule has 17 heavy (non-hydrogen) atoms. The van der Waals surface area contributed by atoms with Crippen LogP contribution in [0, 0.1) is 16.7 Å². The zero-order chi connectivity index (χ0) is 12.5. The molecule has 1 aliphatic carbocycles. The van der Waals surface area contributed by atoms with Crippen LogP contribution >= 0.6 is 11.6 Å². The van der Waals surface area contributed by atoms with E-state index in [2.05, 4.69) is 5.32 Å². The maximum atomic E-state index is 11.0. The third-order valence-corrected chi connectivity index (χ3v) is 3.34. The number of anilines is 1. The Hall–Kier alpha value is -1.73. The van der Waals surface area contributed by atoms with Crippen molar-refractivity contribution in [2.24, 2.45) is 5.41 Å². The summed E-state index contributed by atoms with van der Waals surface area (Å²) in [5, 5.41) is 21.2. The quantitative estimate of drug-likeness (QED) is 0.861. The van der Waals surface area contributed by atoms with E-state index >= 15 is 0 Å². The fourth-order valence-corrected chi connectivity index (χ4v) is 1.86. The number of aliphatic carboxylic acids is 1. The molecule has 88 valence electrons. The molecule has 0 spiro atoms. The third-order valence-electron chi connectivity index (χ3n) is 3.02. The van der Waals surface area contributed by atoms with Gasteiger partial charge in [0, 0.05) is 6.54 Å². The van der Waals surface area contributed by atoms with E-state index in [-0.39, 0.29) is 0 Å². The number of carboxylic acid groups (broad SMARTS) is 1. The molecule has 0 aromatic heterocycles. The molecule has 0 unspecified atom stereocenters. The van der Waals surface area contributed by atoms with E-state index < -0.39 is 11.4 Å². The van der Waals surface area contributed by atoms with E-state index in [0.717, 1.165) is 0 Å². The summed E-state index contributed by atoms with van der Waals surface area (Å²) in [4.78, 5) is 11.0. The fraction of sp³-hybridized carbons (Fsp3) is 0.333. The van der Waals surface area contributed by atoms with Crippen molar-refractivity contribution in [3.8, 4) is 6.07 Å². The first-order valence-corrected chi connectivity index (χ1v) is 5.62. The van der Waals surface area contributed by atoms with Gasteiger partial charge in [-0.2, -0.15) is 5.26 Å². The minimum absolute atomic E-state index is 0.369. The van der Waals surface area contributed by atoms with Gasteiger partial charge >= 0.3 is 5.97 Å². The summed E-state index contributed by atoms with van der Waals surface area (Å²) >= 11 is 5.98. The molecule has 2 rings (SSSR count). The summed E-state index contributed by atoms with van der Waals surface area (Å²) in [6, 6.07) is 6.89. The van der Waals surface area contributed by atoms with Crippen molar-refractivity contribution >= 4 is 23.3 Å². The standard InChI is InChI=1S/C12H11ClN2O2/c13-9-5-8(6-14)1-2-10(9)15-7-12(3-4-12)11(16)17/h1-2,5,15H,3-4,7H2,(H,16,17). The van der Waals surface area contributed by atoms with E-state index in [0.29, 0.717) is 35.7 Å². The number of benzene rings is 1. The summed E-state index contributed by atoms with van der Waals surface area (Å²) in [5.41, 5.74) is 0.523. The fourth-order valence-electron chi connectivity index (χ4n) is 1.61. The highest BCUT2D eigenvalue weighted by atomic mass is 35.5. The summed E-state index contributed by atoms with van der Waals surface area (Å²) < 4.78 is 0. The highest BCUT2D eigenvalue weighted by Crippen LogP contribution is 2.46. The van der Waals surface area contributed by atoms with Crippen LogP contribution in [0.3, 0.4) is 0 Å². The van der Waals surface area contributed by atoms with E-state index in [9.17, 15) is 4.79 Å². The summed E-state index contributed by atoms with van der Waals surface area (Å²) in [7, 11) is 0. The number of hydrogen-bond donors (Lipinski definition) is 2. The van der Waals surface area contributed by atoms with Crippen LogP contribution in [-0.2, 0) is 4.79 Å². The average Bonchev–Trinajstić information content (AvgIpc) is 3.08. The summed E-state index contributed by atoms with van der Waals surface area (Å²) in [6.07, 6.45) is 1.40. The molecule has 1 aromatic rings. The van der Waals surface area contributed by atoms with Gasteiger partial charge in [0.25, 0.3) is 0 Å². The molecule has 5 heteroatoms. The zero-order valence-corrected chi connectivity index (χ0v) is 9.79. The first-order valence-electron chi connectivity index (χ1n) is 5.24. The molecule has 1 aliphatic rings. The lowest BCUT2D eigenvalue weighted by molar-refractivity contribution is -0.142. The van der Waals surface area contributed by atoms with Crippen LogP contribution in [-0.4, -0.2) is 17.6 Å². The van der Waals surface area contributed by atoms with Gasteiger partial charge in [-0.3, -0.25) is 4.79 Å². The van der Waals surface area contributed by atoms with Gasteiger partial charge in [0.1, 0.15) is 0 Å². The van der Waals surface area contributed by atoms with Crippen molar-refractivity contribution in [3.63, 3.8) is 0 Å². The molecule has 0 aliphatic heterocycles. The highest BCUT2D eigenvalue weighted by Gasteiger charge is 2.50. The predicted octanol–water partition coefficient (Wildman–Crippen LogP) is 2.49. The number of carbonyl (C=O) groups is 1. The Morgan fingerprint density at radius 2 is 2.29 bits per heavy atom. The molecular weight excluding hydrogens is 240 g/mol. The Morgan fingerprint density at radius 3 is 2.76 bits per heavy atom. The van der Waals surface area contributed by atoms with Gasteiger partial charge in [-0.25, -0.2) is 0 Å². The minimum Gasteiger partial charge on any atom is -0.481 e. The topological polar surface area (TPSA) is 73.1 Å². The Bertz CT molecular complexity index is 504. The molecular formula is C12H11ClN2O2. The van der Waals surface area contributed by atoms with Crippen molar-refractivity contribution in [1.29, 1.82) is 5.26 Å². The number of halogens is 1. The average molecular weight is 251 g/mol. The van der Waals surface area contributed by atoms with Gasteiger partial charge in [0.15, 0.2) is 0 Å². The van der Waals surface area contributed by atoms with Crippen LogP contribution in [0.4, 0.5) is 5.69 Å². The minimum atomic E-state index is -0.769. The van der Waals surface area contributed by atoms with Gasteiger partial charge < -0.3 is 10.4 Å². The van der Waals surface area contributed by atoms with Crippen LogP contribution in [0.5, 0.6) is 0 Å². The summed E-state index contributed by atoms with van der Waals surface area (Å²) in [6.45, 7) is 0.369. The third kappa shape index (κ3) is 2.34. The maximum Gasteiger partial charge on any atom is 0.311 e. The van der Waals surface area contributed by atoms with Crippen LogP contribution in [0.15, 0.2) is 18.2 Å². The second-order valence-electron chi connectivity index (χ2n) is 4.25. The van der Waals surface area contributed by atoms with Crippen LogP contribution in [0.25, 0.3) is 0 Å². The Balaban J connectivity index is 2.05. The lowest BCUT2D eigenvalue weighted by Crippen LogP contribution is -2.24. The lowest BCUT2D eigenvalue weighted by atomic mass is 10.1. The van der Waals surface area contributed by atoms with Gasteiger partial charge in [0.05, 0.1) is 27.8 Å². The molecule has 1 saturated carbocycles. The Kier molecular flexibility index (Phi) is 2.95. The number of nitrogens with zero attached hydrogens (tertiary/aromatic N) is 1. The molecule has 0 atom stereocenters. The molecule has 4 nitrogen and oxygen atoms in total. The predicted molar refractivity (Wildman–Crippen MR) is 64.0 cm³/mol. The van der Waals surface area contributed by atoms with E-state index in [4.69, 9.17) is 22.0 Å². The van der Waals surface area contributed by atoms with Crippen molar-refractivity contribution in [3.05, 3.63) is 28.8 Å². The number of carboxylic acids is 1. The van der Waals surface area contributed by atoms with Gasteiger partial charge in [-0.15, -0.1) is 0 Å². The second kappa shape index (κ2) is 4.27. The smallest absolute Gasteiger partial charge is 0.311 e. The van der Waals surface area contributed by atoms with Crippen molar-refractivity contribution < 1.29 is 9.90 Å².